The van der Waals surface area contributed by atoms with Gasteiger partial charge in [0.25, 0.3) is 5.56 Å². The molecule has 0 unspecified atom stereocenters. The van der Waals surface area contributed by atoms with Crippen molar-refractivity contribution in [3.63, 3.8) is 0 Å². The molecule has 0 aliphatic carbocycles. The van der Waals surface area contributed by atoms with E-state index >= 15 is 0 Å². The van der Waals surface area contributed by atoms with Crippen molar-refractivity contribution in [1.29, 1.82) is 0 Å². The highest BCUT2D eigenvalue weighted by Crippen LogP contribution is 2.29. The number of nitrogens with zero attached hydrogens (tertiary/aromatic N) is 1. The molecule has 1 N–H and O–H groups in total. The van der Waals surface area contributed by atoms with Gasteiger partial charge in [0.15, 0.2) is 0 Å². The van der Waals surface area contributed by atoms with Crippen molar-refractivity contribution in [3.8, 4) is 5.69 Å². The fourth-order valence-corrected chi connectivity index (χ4v) is 2.86. The van der Waals surface area contributed by atoms with E-state index in [0.29, 0.717) is 17.5 Å². The SMILES string of the molecule is CCCc1c(Cl)[nH]c(=O)n(-c2c(Cl)ccc(C)c2Cl)c1=O. The second-order valence-electron chi connectivity index (χ2n) is 4.64. The maximum Gasteiger partial charge on any atom is 0.334 e. The lowest BCUT2D eigenvalue weighted by atomic mass is 10.2. The zero-order valence-electron chi connectivity index (χ0n) is 11.5. The van der Waals surface area contributed by atoms with Crippen LogP contribution in [0.4, 0.5) is 0 Å². The smallest absolute Gasteiger partial charge is 0.297 e. The van der Waals surface area contributed by atoms with Gasteiger partial charge in [0, 0.05) is 0 Å². The van der Waals surface area contributed by atoms with E-state index in [0.717, 1.165) is 11.0 Å². The third-order valence-corrected chi connectivity index (χ3v) is 4.23. The molecule has 2 aromatic rings. The number of hydrogen-bond donors (Lipinski definition) is 1. The molecular formula is C14H13Cl3N2O2. The van der Waals surface area contributed by atoms with Crippen LogP contribution in [0.2, 0.25) is 15.2 Å². The topological polar surface area (TPSA) is 54.9 Å². The maximum absolute atomic E-state index is 12.6. The van der Waals surface area contributed by atoms with Crippen LogP contribution < -0.4 is 11.2 Å². The average molecular weight is 348 g/mol. The Kier molecular flexibility index (Phi) is 4.81. The van der Waals surface area contributed by atoms with Gasteiger partial charge in [-0.2, -0.15) is 0 Å². The van der Waals surface area contributed by atoms with E-state index in [4.69, 9.17) is 34.8 Å². The lowest BCUT2D eigenvalue weighted by Crippen LogP contribution is -2.36. The molecular weight excluding hydrogens is 335 g/mol. The molecule has 0 radical (unpaired) electrons. The van der Waals surface area contributed by atoms with E-state index in [1.165, 1.54) is 0 Å². The number of aromatic amines is 1. The maximum atomic E-state index is 12.6. The Morgan fingerprint density at radius 1 is 1.19 bits per heavy atom. The summed E-state index contributed by atoms with van der Waals surface area (Å²) >= 11 is 18.3. The normalized spacial score (nSPS) is 10.9. The van der Waals surface area contributed by atoms with Crippen molar-refractivity contribution in [1.82, 2.24) is 9.55 Å². The van der Waals surface area contributed by atoms with E-state index in [-0.39, 0.29) is 20.9 Å². The fourth-order valence-electron chi connectivity index (χ4n) is 2.06. The van der Waals surface area contributed by atoms with Crippen molar-refractivity contribution in [3.05, 3.63) is 59.3 Å². The van der Waals surface area contributed by atoms with E-state index in [9.17, 15) is 9.59 Å². The summed E-state index contributed by atoms with van der Waals surface area (Å²) in [6.45, 7) is 3.68. The third kappa shape index (κ3) is 2.89. The summed E-state index contributed by atoms with van der Waals surface area (Å²) in [6.07, 6.45) is 1.17. The summed E-state index contributed by atoms with van der Waals surface area (Å²) in [5.41, 5.74) is 0.0691. The van der Waals surface area contributed by atoms with Gasteiger partial charge in [-0.05, 0) is 25.0 Å². The van der Waals surface area contributed by atoms with E-state index < -0.39 is 11.2 Å². The summed E-state index contributed by atoms with van der Waals surface area (Å²) in [5.74, 6) is 0. The highest BCUT2D eigenvalue weighted by Gasteiger charge is 2.18. The Balaban J connectivity index is 2.89. The van der Waals surface area contributed by atoms with Crippen molar-refractivity contribution in [2.45, 2.75) is 26.7 Å². The first kappa shape index (κ1) is 16.1. The predicted octanol–water partition coefficient (Wildman–Crippen LogP) is 3.75. The van der Waals surface area contributed by atoms with Crippen LogP contribution in [0.5, 0.6) is 0 Å². The third-order valence-electron chi connectivity index (χ3n) is 3.13. The standard InChI is InChI=1S/C14H13Cl3N2O2/c1-3-4-8-12(17)18-14(21)19(13(8)20)11-9(15)6-5-7(2)10(11)16/h5-6H,3-4H2,1-2H3,(H,18,21). The molecule has 1 heterocycles. The monoisotopic (exact) mass is 346 g/mol. The van der Waals surface area contributed by atoms with Crippen LogP contribution in [0.1, 0.15) is 24.5 Å². The number of rotatable bonds is 3. The number of aromatic nitrogens is 2. The molecule has 0 aliphatic heterocycles. The average Bonchev–Trinajstić information content (AvgIpc) is 2.42. The summed E-state index contributed by atoms with van der Waals surface area (Å²) < 4.78 is 0.939. The molecule has 4 nitrogen and oxygen atoms in total. The number of hydrogen-bond acceptors (Lipinski definition) is 2. The number of halogens is 3. The highest BCUT2D eigenvalue weighted by atomic mass is 35.5. The molecule has 112 valence electrons. The Morgan fingerprint density at radius 2 is 1.86 bits per heavy atom. The lowest BCUT2D eigenvalue weighted by molar-refractivity contribution is 0.811. The molecule has 0 amide bonds. The van der Waals surface area contributed by atoms with Gasteiger partial charge >= 0.3 is 5.69 Å². The second-order valence-corrected chi connectivity index (χ2v) is 5.80. The van der Waals surface area contributed by atoms with Gasteiger partial charge in [-0.3, -0.25) is 9.78 Å². The van der Waals surface area contributed by atoms with Gasteiger partial charge in [-0.1, -0.05) is 54.2 Å². The number of H-pyrrole nitrogens is 1. The molecule has 0 saturated heterocycles. The van der Waals surface area contributed by atoms with Crippen molar-refractivity contribution < 1.29 is 0 Å². The molecule has 0 spiro atoms. The zero-order valence-corrected chi connectivity index (χ0v) is 13.7. The molecule has 0 aliphatic rings. The van der Waals surface area contributed by atoms with Gasteiger partial charge < -0.3 is 0 Å². The molecule has 21 heavy (non-hydrogen) atoms. The Bertz CT molecular complexity index is 809. The fraction of sp³-hybridized carbons (Fsp3) is 0.286. The summed E-state index contributed by atoms with van der Waals surface area (Å²) in [5, 5.41) is 0.547. The van der Waals surface area contributed by atoms with Crippen LogP contribution >= 0.6 is 34.8 Å². The molecule has 1 aromatic heterocycles. The van der Waals surface area contributed by atoms with E-state index in [2.05, 4.69) is 4.98 Å². The summed E-state index contributed by atoms with van der Waals surface area (Å²) in [7, 11) is 0. The summed E-state index contributed by atoms with van der Waals surface area (Å²) in [6, 6.07) is 3.31. The first-order valence-electron chi connectivity index (χ1n) is 6.37. The van der Waals surface area contributed by atoms with Gasteiger partial charge in [0.2, 0.25) is 0 Å². The van der Waals surface area contributed by atoms with Crippen LogP contribution in [0.15, 0.2) is 21.7 Å². The Morgan fingerprint density at radius 3 is 2.48 bits per heavy atom. The lowest BCUT2D eigenvalue weighted by Gasteiger charge is -2.13. The molecule has 0 atom stereocenters. The van der Waals surface area contributed by atoms with Crippen LogP contribution in [0.3, 0.4) is 0 Å². The Hall–Kier alpha value is -1.23. The quantitative estimate of drug-likeness (QED) is 0.860. The number of nitrogens with one attached hydrogen (secondary N) is 1. The second kappa shape index (κ2) is 6.26. The van der Waals surface area contributed by atoms with Crippen LogP contribution in [-0.4, -0.2) is 9.55 Å². The predicted molar refractivity (Wildman–Crippen MR) is 86.4 cm³/mol. The van der Waals surface area contributed by atoms with E-state index in [1.54, 1.807) is 19.1 Å². The van der Waals surface area contributed by atoms with Crippen molar-refractivity contribution in [2.24, 2.45) is 0 Å². The van der Waals surface area contributed by atoms with Crippen molar-refractivity contribution in [2.75, 3.05) is 0 Å². The molecule has 1 aromatic carbocycles. The first-order valence-corrected chi connectivity index (χ1v) is 7.50. The molecule has 0 fully saturated rings. The molecule has 2 rings (SSSR count). The van der Waals surface area contributed by atoms with Gasteiger partial charge in [-0.15, -0.1) is 0 Å². The zero-order chi connectivity index (χ0) is 15.7. The molecule has 0 saturated carbocycles. The van der Waals surface area contributed by atoms with Crippen molar-refractivity contribution >= 4 is 34.8 Å². The molecule has 0 bridgehead atoms. The highest BCUT2D eigenvalue weighted by molar-refractivity contribution is 6.38. The van der Waals surface area contributed by atoms with Crippen LogP contribution in [0, 0.1) is 6.92 Å². The van der Waals surface area contributed by atoms with Crippen LogP contribution in [0.25, 0.3) is 5.69 Å². The minimum Gasteiger partial charge on any atom is -0.297 e. The number of aryl methyl sites for hydroxylation is 1. The minimum atomic E-state index is -0.667. The largest absolute Gasteiger partial charge is 0.334 e. The van der Waals surface area contributed by atoms with Gasteiger partial charge in [0.05, 0.1) is 21.3 Å². The van der Waals surface area contributed by atoms with E-state index in [1.807, 2.05) is 6.92 Å². The van der Waals surface area contributed by atoms with Gasteiger partial charge in [-0.25, -0.2) is 9.36 Å². The van der Waals surface area contributed by atoms with Gasteiger partial charge in [0.1, 0.15) is 5.15 Å². The number of benzene rings is 1. The summed E-state index contributed by atoms with van der Waals surface area (Å²) in [4.78, 5) is 27.2. The molecule has 7 heteroatoms. The first-order chi connectivity index (χ1) is 9.88. The minimum absolute atomic E-state index is 0.0583. The van der Waals surface area contributed by atoms with Crippen LogP contribution in [-0.2, 0) is 6.42 Å². The Labute approximate surface area is 136 Å².